The predicted molar refractivity (Wildman–Crippen MR) is 138 cm³/mol. The summed E-state index contributed by atoms with van der Waals surface area (Å²) in [6, 6.07) is 14.7. The van der Waals surface area contributed by atoms with Gasteiger partial charge in [0.25, 0.3) is 0 Å². The van der Waals surface area contributed by atoms with Crippen molar-refractivity contribution in [3.8, 4) is 0 Å². The fourth-order valence-electron chi connectivity index (χ4n) is 4.66. The highest BCUT2D eigenvalue weighted by Crippen LogP contribution is 2.29. The van der Waals surface area contributed by atoms with Crippen LogP contribution in [-0.2, 0) is 4.79 Å². The molecule has 34 heavy (non-hydrogen) atoms. The molecule has 0 bridgehead atoms. The molecule has 2 aliphatic heterocycles. The van der Waals surface area contributed by atoms with Gasteiger partial charge in [-0.2, -0.15) is 0 Å². The Kier molecular flexibility index (Phi) is 6.31. The number of carbonyl (C=O) groups excluding carboxylic acids is 1. The number of hydrogen-bond acceptors (Lipinski definition) is 7. The summed E-state index contributed by atoms with van der Waals surface area (Å²) in [5, 5.41) is 7.35. The zero-order valence-electron chi connectivity index (χ0n) is 19.6. The summed E-state index contributed by atoms with van der Waals surface area (Å²) < 4.78 is 0. The molecule has 3 heterocycles. The number of para-hydroxylation sites is 1. The number of carbonyl (C=O) groups is 1. The van der Waals surface area contributed by atoms with E-state index < -0.39 is 0 Å². The summed E-state index contributed by atoms with van der Waals surface area (Å²) in [6.45, 7) is 9.43. The largest absolute Gasteiger partial charge is 0.369 e. The van der Waals surface area contributed by atoms with Crippen LogP contribution in [0.25, 0.3) is 10.9 Å². The Labute approximate surface area is 200 Å². The Bertz CT molecular complexity index is 1170. The highest BCUT2D eigenvalue weighted by atomic mass is 16.1. The zero-order valence-corrected chi connectivity index (χ0v) is 19.6. The lowest BCUT2D eigenvalue weighted by Gasteiger charge is -2.34. The number of amides is 1. The molecule has 0 spiro atoms. The van der Waals surface area contributed by atoms with E-state index in [1.165, 1.54) is 11.8 Å². The van der Waals surface area contributed by atoms with E-state index >= 15 is 0 Å². The van der Waals surface area contributed by atoms with Crippen molar-refractivity contribution in [3.63, 3.8) is 0 Å². The van der Waals surface area contributed by atoms with Gasteiger partial charge in [0.15, 0.2) is 0 Å². The van der Waals surface area contributed by atoms with Gasteiger partial charge in [-0.3, -0.25) is 4.79 Å². The van der Waals surface area contributed by atoms with Crippen LogP contribution in [0.4, 0.5) is 23.0 Å². The Balaban J connectivity index is 1.31. The second-order valence-corrected chi connectivity index (χ2v) is 9.02. The van der Waals surface area contributed by atoms with E-state index in [9.17, 15) is 4.79 Å². The number of hydrogen-bond donors (Lipinski definition) is 2. The molecule has 0 aliphatic carbocycles. The molecular formula is C26H31N7O. The van der Waals surface area contributed by atoms with Crippen molar-refractivity contribution in [2.24, 2.45) is 0 Å². The number of nitrogens with one attached hydrogen (secondary N) is 2. The van der Waals surface area contributed by atoms with E-state index in [1.807, 2.05) is 18.3 Å². The smallest absolute Gasteiger partial charge is 0.243 e. The number of rotatable bonds is 6. The Hall–Kier alpha value is -3.65. The fraction of sp³-hybridized carbons (Fsp3) is 0.346. The molecule has 0 radical (unpaired) electrons. The number of anilines is 4. The Morgan fingerprint density at radius 3 is 2.62 bits per heavy atom. The molecule has 5 rings (SSSR count). The van der Waals surface area contributed by atoms with Crippen LogP contribution >= 0.6 is 0 Å². The molecule has 1 aromatic heterocycles. The molecule has 0 saturated carbocycles. The predicted octanol–water partition coefficient (Wildman–Crippen LogP) is 3.01. The normalized spacial score (nSPS) is 18.8. The molecule has 2 aliphatic rings. The van der Waals surface area contributed by atoms with E-state index in [-0.39, 0.29) is 11.9 Å². The molecule has 2 N–H and O–H groups in total. The molecule has 2 fully saturated rings. The van der Waals surface area contributed by atoms with Crippen LogP contribution < -0.4 is 20.4 Å². The topological polar surface area (TPSA) is 76.6 Å². The zero-order chi connectivity index (χ0) is 23.5. The van der Waals surface area contributed by atoms with Crippen molar-refractivity contribution in [2.75, 3.05) is 61.4 Å². The van der Waals surface area contributed by atoms with Crippen LogP contribution in [-0.4, -0.2) is 73.1 Å². The Morgan fingerprint density at radius 2 is 1.85 bits per heavy atom. The molecule has 1 amide bonds. The first kappa shape index (κ1) is 22.2. The van der Waals surface area contributed by atoms with E-state index in [4.69, 9.17) is 4.98 Å². The number of fused-ring (bicyclic) bond motifs is 1. The van der Waals surface area contributed by atoms with Crippen LogP contribution in [0.1, 0.15) is 6.42 Å². The molecule has 8 heteroatoms. The van der Waals surface area contributed by atoms with Gasteiger partial charge in [-0.1, -0.05) is 18.7 Å². The summed E-state index contributed by atoms with van der Waals surface area (Å²) in [5.74, 6) is 0.445. The van der Waals surface area contributed by atoms with Gasteiger partial charge in [0, 0.05) is 68.3 Å². The number of benzene rings is 2. The van der Waals surface area contributed by atoms with E-state index in [2.05, 4.69) is 74.3 Å². The highest BCUT2D eigenvalue weighted by Gasteiger charge is 2.25. The molecule has 176 valence electrons. The third kappa shape index (κ3) is 4.82. The quantitative estimate of drug-likeness (QED) is 0.551. The second-order valence-electron chi connectivity index (χ2n) is 9.02. The van der Waals surface area contributed by atoms with Crippen LogP contribution in [0.3, 0.4) is 0 Å². The minimum Gasteiger partial charge on any atom is -0.369 e. The lowest BCUT2D eigenvalue weighted by molar-refractivity contribution is -0.117. The Morgan fingerprint density at radius 1 is 1.06 bits per heavy atom. The first-order valence-electron chi connectivity index (χ1n) is 11.8. The van der Waals surface area contributed by atoms with Gasteiger partial charge in [-0.15, -0.1) is 0 Å². The van der Waals surface area contributed by atoms with E-state index in [0.717, 1.165) is 68.0 Å². The minimum atomic E-state index is -0.128. The number of aromatic nitrogens is 2. The summed E-state index contributed by atoms with van der Waals surface area (Å²) in [5.41, 5.74) is 4.17. The van der Waals surface area contributed by atoms with Crippen molar-refractivity contribution < 1.29 is 4.79 Å². The van der Waals surface area contributed by atoms with Gasteiger partial charge in [0.05, 0.1) is 11.2 Å². The van der Waals surface area contributed by atoms with Crippen LogP contribution in [0, 0.1) is 0 Å². The SMILES string of the molecule is C=CC(=O)NC1CCN(c2cccc3cnc(Nc4ccc(N5CCN(C)CC5)cc4)nc23)C1. The van der Waals surface area contributed by atoms with Gasteiger partial charge in [-0.05, 0) is 49.9 Å². The van der Waals surface area contributed by atoms with Crippen molar-refractivity contribution in [2.45, 2.75) is 12.5 Å². The van der Waals surface area contributed by atoms with E-state index in [1.54, 1.807) is 0 Å². The molecule has 2 aromatic carbocycles. The first-order valence-corrected chi connectivity index (χ1v) is 11.8. The maximum Gasteiger partial charge on any atom is 0.243 e. The maximum absolute atomic E-state index is 11.7. The average molecular weight is 458 g/mol. The van der Waals surface area contributed by atoms with Gasteiger partial charge >= 0.3 is 0 Å². The lowest BCUT2D eigenvalue weighted by atomic mass is 10.2. The summed E-state index contributed by atoms with van der Waals surface area (Å²) in [4.78, 5) is 28.1. The summed E-state index contributed by atoms with van der Waals surface area (Å²) in [7, 11) is 2.17. The molecule has 3 aromatic rings. The molecule has 1 atom stereocenters. The van der Waals surface area contributed by atoms with Gasteiger partial charge in [0.1, 0.15) is 0 Å². The van der Waals surface area contributed by atoms with Crippen molar-refractivity contribution in [1.29, 1.82) is 0 Å². The average Bonchev–Trinajstić information content (AvgIpc) is 3.32. The highest BCUT2D eigenvalue weighted by molar-refractivity contribution is 5.91. The van der Waals surface area contributed by atoms with Gasteiger partial charge in [-0.25, -0.2) is 9.97 Å². The maximum atomic E-state index is 11.7. The molecule has 8 nitrogen and oxygen atoms in total. The summed E-state index contributed by atoms with van der Waals surface area (Å²) >= 11 is 0. The van der Waals surface area contributed by atoms with Crippen LogP contribution in [0.2, 0.25) is 0 Å². The van der Waals surface area contributed by atoms with Crippen molar-refractivity contribution in [1.82, 2.24) is 20.2 Å². The number of piperazine rings is 1. The summed E-state index contributed by atoms with van der Waals surface area (Å²) in [6.07, 6.45) is 4.08. The lowest BCUT2D eigenvalue weighted by Crippen LogP contribution is -2.44. The van der Waals surface area contributed by atoms with Crippen LogP contribution in [0.5, 0.6) is 0 Å². The molecular weight excluding hydrogens is 426 g/mol. The van der Waals surface area contributed by atoms with Crippen molar-refractivity contribution in [3.05, 3.63) is 61.3 Å². The second kappa shape index (κ2) is 9.69. The third-order valence-electron chi connectivity index (χ3n) is 6.64. The standard InChI is InChI=1S/C26H31N7O/c1-3-24(34)28-21-11-12-33(18-21)23-6-4-5-19-17-27-26(30-25(19)23)29-20-7-9-22(10-8-20)32-15-13-31(2)14-16-32/h3-10,17,21H,1,11-16,18H2,2H3,(H,28,34)(H,27,29,30). The van der Waals surface area contributed by atoms with E-state index in [0.29, 0.717) is 5.95 Å². The first-order chi connectivity index (χ1) is 16.6. The molecule has 2 saturated heterocycles. The molecule has 1 unspecified atom stereocenters. The third-order valence-corrected chi connectivity index (χ3v) is 6.64. The van der Waals surface area contributed by atoms with Gasteiger partial charge < -0.3 is 25.3 Å². The fourth-order valence-corrected chi connectivity index (χ4v) is 4.66. The minimum absolute atomic E-state index is 0.110. The van der Waals surface area contributed by atoms with Crippen molar-refractivity contribution >= 4 is 39.8 Å². The monoisotopic (exact) mass is 457 g/mol. The number of nitrogens with zero attached hydrogens (tertiary/aromatic N) is 5. The van der Waals surface area contributed by atoms with Gasteiger partial charge in [0.2, 0.25) is 11.9 Å². The van der Waals surface area contributed by atoms with Crippen LogP contribution in [0.15, 0.2) is 61.3 Å². The number of likely N-dealkylation sites (N-methyl/N-ethyl adjacent to an activating group) is 1.